The standard InChI is InChI=1S/C6H9NO2/c1-5(6(8)9)3-2-4-7/h5H,2-3H2,1H3,(H,8,9)/t5-/m1/s1. The zero-order valence-electron chi connectivity index (χ0n) is 5.29. The highest BCUT2D eigenvalue weighted by atomic mass is 16.4. The third kappa shape index (κ3) is 3.53. The Balaban J connectivity index is 3.41. The van der Waals surface area contributed by atoms with Crippen molar-refractivity contribution < 1.29 is 9.90 Å². The van der Waals surface area contributed by atoms with Crippen LogP contribution in [0.4, 0.5) is 0 Å². The molecule has 0 aliphatic rings. The van der Waals surface area contributed by atoms with E-state index in [1.54, 1.807) is 6.92 Å². The molecule has 9 heavy (non-hydrogen) atoms. The maximum absolute atomic E-state index is 10.1. The molecule has 0 saturated carbocycles. The highest BCUT2D eigenvalue weighted by Gasteiger charge is 2.08. The summed E-state index contributed by atoms with van der Waals surface area (Å²) in [5, 5.41) is 16.4. The topological polar surface area (TPSA) is 61.1 Å². The molecule has 0 aliphatic carbocycles. The molecule has 3 nitrogen and oxygen atoms in total. The Kier molecular flexibility index (Phi) is 3.45. The van der Waals surface area contributed by atoms with Gasteiger partial charge in [0.25, 0.3) is 0 Å². The SMILES string of the molecule is C[C@H](CCC#N)C(=O)O. The molecule has 0 aromatic carbocycles. The van der Waals surface area contributed by atoms with Crippen molar-refractivity contribution in [3.63, 3.8) is 0 Å². The minimum absolute atomic E-state index is 0.327. The lowest BCUT2D eigenvalue weighted by atomic mass is 10.1. The van der Waals surface area contributed by atoms with Gasteiger partial charge in [-0.15, -0.1) is 0 Å². The summed E-state index contributed by atoms with van der Waals surface area (Å²) in [5.74, 6) is -1.21. The molecule has 0 unspecified atom stereocenters. The van der Waals surface area contributed by atoms with Gasteiger partial charge in [-0.1, -0.05) is 6.92 Å². The van der Waals surface area contributed by atoms with Gasteiger partial charge in [0.1, 0.15) is 0 Å². The first-order valence-corrected chi connectivity index (χ1v) is 2.78. The monoisotopic (exact) mass is 127 g/mol. The summed E-state index contributed by atoms with van der Waals surface area (Å²) in [7, 11) is 0. The summed E-state index contributed by atoms with van der Waals surface area (Å²) in [6.07, 6.45) is 0.777. The van der Waals surface area contributed by atoms with Crippen LogP contribution >= 0.6 is 0 Å². The van der Waals surface area contributed by atoms with Crippen LogP contribution in [0.3, 0.4) is 0 Å². The summed E-state index contributed by atoms with van der Waals surface area (Å²) >= 11 is 0. The second-order valence-corrected chi connectivity index (χ2v) is 1.94. The third-order valence-electron chi connectivity index (χ3n) is 1.11. The van der Waals surface area contributed by atoms with Gasteiger partial charge in [0.2, 0.25) is 0 Å². The van der Waals surface area contributed by atoms with Crippen molar-refractivity contribution >= 4 is 5.97 Å². The van der Waals surface area contributed by atoms with Crippen molar-refractivity contribution in [2.75, 3.05) is 0 Å². The maximum atomic E-state index is 10.1. The Morgan fingerprint density at radius 1 is 1.89 bits per heavy atom. The highest BCUT2D eigenvalue weighted by molar-refractivity contribution is 5.69. The zero-order valence-corrected chi connectivity index (χ0v) is 5.29. The number of aliphatic carboxylic acids is 1. The summed E-state index contributed by atoms with van der Waals surface area (Å²) in [6, 6.07) is 1.89. The van der Waals surface area contributed by atoms with E-state index < -0.39 is 5.97 Å². The zero-order chi connectivity index (χ0) is 7.28. The molecule has 0 aromatic heterocycles. The number of carboxylic acids is 1. The van der Waals surface area contributed by atoms with Gasteiger partial charge in [-0.2, -0.15) is 5.26 Å². The Bertz CT molecular complexity index is 136. The minimum atomic E-state index is -0.828. The van der Waals surface area contributed by atoms with Gasteiger partial charge in [-0.3, -0.25) is 4.79 Å². The molecule has 0 rings (SSSR count). The number of nitrogens with zero attached hydrogens (tertiary/aromatic N) is 1. The van der Waals surface area contributed by atoms with Gasteiger partial charge in [0, 0.05) is 6.42 Å². The first-order chi connectivity index (χ1) is 4.18. The second kappa shape index (κ2) is 3.90. The number of hydrogen-bond acceptors (Lipinski definition) is 2. The molecule has 0 aromatic rings. The van der Waals surface area contributed by atoms with E-state index in [-0.39, 0.29) is 5.92 Å². The summed E-state index contributed by atoms with van der Waals surface area (Å²) in [4.78, 5) is 10.1. The summed E-state index contributed by atoms with van der Waals surface area (Å²) in [6.45, 7) is 1.60. The van der Waals surface area contributed by atoms with Gasteiger partial charge in [-0.05, 0) is 6.42 Å². The van der Waals surface area contributed by atoms with Crippen LogP contribution in [0.2, 0.25) is 0 Å². The van der Waals surface area contributed by atoms with Crippen LogP contribution in [-0.4, -0.2) is 11.1 Å². The predicted molar refractivity (Wildman–Crippen MR) is 31.6 cm³/mol. The van der Waals surface area contributed by atoms with Gasteiger partial charge in [0.15, 0.2) is 0 Å². The number of hydrogen-bond donors (Lipinski definition) is 1. The number of rotatable bonds is 3. The van der Waals surface area contributed by atoms with E-state index in [2.05, 4.69) is 0 Å². The van der Waals surface area contributed by atoms with Gasteiger partial charge < -0.3 is 5.11 Å². The molecular weight excluding hydrogens is 118 g/mol. The molecular formula is C6H9NO2. The fraction of sp³-hybridized carbons (Fsp3) is 0.667. The van der Waals surface area contributed by atoms with E-state index in [1.807, 2.05) is 6.07 Å². The number of carboxylic acid groups (broad SMARTS) is 1. The molecule has 1 atom stereocenters. The lowest BCUT2D eigenvalue weighted by molar-refractivity contribution is -0.141. The van der Waals surface area contributed by atoms with Crippen molar-refractivity contribution in [2.24, 2.45) is 5.92 Å². The van der Waals surface area contributed by atoms with Crippen molar-refractivity contribution in [2.45, 2.75) is 19.8 Å². The lowest BCUT2D eigenvalue weighted by Crippen LogP contribution is -2.08. The third-order valence-corrected chi connectivity index (χ3v) is 1.11. The minimum Gasteiger partial charge on any atom is -0.481 e. The van der Waals surface area contributed by atoms with Gasteiger partial charge in [-0.25, -0.2) is 0 Å². The molecule has 0 fully saturated rings. The van der Waals surface area contributed by atoms with Gasteiger partial charge in [0.05, 0.1) is 12.0 Å². The van der Waals surface area contributed by atoms with Crippen molar-refractivity contribution in [1.82, 2.24) is 0 Å². The van der Waals surface area contributed by atoms with Crippen LogP contribution in [0.1, 0.15) is 19.8 Å². The van der Waals surface area contributed by atoms with E-state index >= 15 is 0 Å². The van der Waals surface area contributed by atoms with E-state index in [0.29, 0.717) is 12.8 Å². The summed E-state index contributed by atoms with van der Waals surface area (Å²) in [5.41, 5.74) is 0. The lowest BCUT2D eigenvalue weighted by Gasteiger charge is -1.99. The average Bonchev–Trinajstić information content (AvgIpc) is 1.82. The van der Waals surface area contributed by atoms with Crippen molar-refractivity contribution in [1.29, 1.82) is 5.26 Å². The molecule has 3 heteroatoms. The van der Waals surface area contributed by atoms with Crippen molar-refractivity contribution in [3.05, 3.63) is 0 Å². The molecule has 0 amide bonds. The maximum Gasteiger partial charge on any atom is 0.306 e. The molecule has 0 saturated heterocycles. The van der Waals surface area contributed by atoms with Crippen LogP contribution in [0, 0.1) is 17.2 Å². The first kappa shape index (κ1) is 7.96. The van der Waals surface area contributed by atoms with Crippen molar-refractivity contribution in [3.8, 4) is 6.07 Å². The number of carbonyl (C=O) groups is 1. The molecule has 0 spiro atoms. The predicted octanol–water partition coefficient (Wildman–Crippen LogP) is 1.01. The fourth-order valence-electron chi connectivity index (χ4n) is 0.405. The molecule has 0 radical (unpaired) electrons. The Labute approximate surface area is 53.9 Å². The van der Waals surface area contributed by atoms with E-state index in [0.717, 1.165) is 0 Å². The smallest absolute Gasteiger partial charge is 0.306 e. The van der Waals surface area contributed by atoms with E-state index in [4.69, 9.17) is 10.4 Å². The average molecular weight is 127 g/mol. The molecule has 0 bridgehead atoms. The first-order valence-electron chi connectivity index (χ1n) is 2.78. The van der Waals surface area contributed by atoms with Gasteiger partial charge >= 0.3 is 5.97 Å². The Morgan fingerprint density at radius 2 is 2.44 bits per heavy atom. The molecule has 0 heterocycles. The Hall–Kier alpha value is -1.04. The van der Waals surface area contributed by atoms with Crippen LogP contribution < -0.4 is 0 Å². The number of nitriles is 1. The van der Waals surface area contributed by atoms with Crippen LogP contribution in [0.25, 0.3) is 0 Å². The highest BCUT2D eigenvalue weighted by Crippen LogP contribution is 2.03. The Morgan fingerprint density at radius 3 is 2.78 bits per heavy atom. The quantitative estimate of drug-likeness (QED) is 0.615. The normalized spacial score (nSPS) is 12.0. The van der Waals surface area contributed by atoms with Crippen LogP contribution in [-0.2, 0) is 4.79 Å². The molecule has 1 N–H and O–H groups in total. The second-order valence-electron chi connectivity index (χ2n) is 1.94. The molecule has 50 valence electrons. The van der Waals surface area contributed by atoms with E-state index in [9.17, 15) is 4.79 Å². The van der Waals surface area contributed by atoms with Crippen LogP contribution in [0.5, 0.6) is 0 Å². The summed E-state index contributed by atoms with van der Waals surface area (Å²) < 4.78 is 0. The largest absolute Gasteiger partial charge is 0.481 e. The van der Waals surface area contributed by atoms with Crippen LogP contribution in [0.15, 0.2) is 0 Å². The fourth-order valence-corrected chi connectivity index (χ4v) is 0.405. The molecule has 0 aliphatic heterocycles. The van der Waals surface area contributed by atoms with E-state index in [1.165, 1.54) is 0 Å².